The highest BCUT2D eigenvalue weighted by molar-refractivity contribution is 6.29. The maximum Gasteiger partial charge on any atom is 0.135 e. The van der Waals surface area contributed by atoms with Crippen LogP contribution in [0.1, 0.15) is 31.5 Å². The second-order valence-electron chi connectivity index (χ2n) is 4.71. The van der Waals surface area contributed by atoms with Gasteiger partial charge in [-0.25, -0.2) is 9.97 Å². The molecule has 0 radical (unpaired) electrons. The zero-order valence-corrected chi connectivity index (χ0v) is 10.4. The van der Waals surface area contributed by atoms with Crippen LogP contribution < -0.4 is 5.32 Å². The molecule has 0 saturated heterocycles. The Balaban J connectivity index is 2.20. The highest BCUT2D eigenvalue weighted by atomic mass is 35.5. The summed E-state index contributed by atoms with van der Waals surface area (Å²) in [4.78, 5) is 8.51. The van der Waals surface area contributed by atoms with Crippen molar-refractivity contribution in [2.75, 3.05) is 18.5 Å². The number of hydrogen-bond acceptors (Lipinski definition) is 5. The number of nitrogens with zero attached hydrogens (tertiary/aromatic N) is 2. The van der Waals surface area contributed by atoms with Gasteiger partial charge < -0.3 is 15.5 Å². The molecule has 1 heterocycles. The number of aliphatic hydroxyl groups is 2. The van der Waals surface area contributed by atoms with Gasteiger partial charge in [-0.3, -0.25) is 0 Å². The molecule has 94 valence electrons. The second kappa shape index (κ2) is 4.76. The topological polar surface area (TPSA) is 78.3 Å². The Bertz CT molecular complexity index is 406. The number of nitrogens with one attached hydrogen (secondary N) is 1. The summed E-state index contributed by atoms with van der Waals surface area (Å²) >= 11 is 5.92. The summed E-state index contributed by atoms with van der Waals surface area (Å²) in [6.07, 6.45) is 2.19. The van der Waals surface area contributed by atoms with Gasteiger partial charge in [0.2, 0.25) is 0 Å². The van der Waals surface area contributed by atoms with Crippen molar-refractivity contribution in [1.29, 1.82) is 0 Å². The smallest absolute Gasteiger partial charge is 0.135 e. The highest BCUT2D eigenvalue weighted by Gasteiger charge is 2.28. The Morgan fingerprint density at radius 1 is 1.41 bits per heavy atom. The van der Waals surface area contributed by atoms with Crippen molar-refractivity contribution in [3.8, 4) is 0 Å². The Labute approximate surface area is 105 Å². The van der Waals surface area contributed by atoms with Crippen LogP contribution in [0, 0.1) is 0 Å². The van der Waals surface area contributed by atoms with Crippen LogP contribution in [-0.2, 0) is 0 Å². The minimum absolute atomic E-state index is 0.191. The molecule has 0 unspecified atom stereocenters. The molecule has 2 rings (SSSR count). The third-order valence-electron chi connectivity index (χ3n) is 2.78. The van der Waals surface area contributed by atoms with Crippen LogP contribution in [0.15, 0.2) is 6.07 Å². The van der Waals surface area contributed by atoms with Gasteiger partial charge in [-0.2, -0.15) is 0 Å². The quantitative estimate of drug-likeness (QED) is 0.690. The van der Waals surface area contributed by atoms with Crippen molar-refractivity contribution >= 4 is 17.4 Å². The molecule has 0 atom stereocenters. The minimum Gasteiger partial charge on any atom is -0.394 e. The molecule has 6 heteroatoms. The van der Waals surface area contributed by atoms with Crippen LogP contribution in [0.25, 0.3) is 0 Å². The summed E-state index contributed by atoms with van der Waals surface area (Å²) in [5.41, 5.74) is -0.807. The molecule has 0 aliphatic heterocycles. The van der Waals surface area contributed by atoms with Crippen LogP contribution in [-0.4, -0.2) is 38.9 Å². The Morgan fingerprint density at radius 2 is 2.06 bits per heavy atom. The van der Waals surface area contributed by atoms with Crippen molar-refractivity contribution in [3.05, 3.63) is 17.0 Å². The van der Waals surface area contributed by atoms with E-state index in [9.17, 15) is 10.2 Å². The Hall–Kier alpha value is -0.910. The summed E-state index contributed by atoms with van der Waals surface area (Å²) in [6.45, 7) is 1.33. The van der Waals surface area contributed by atoms with Crippen LogP contribution in [0.2, 0.25) is 5.15 Å². The zero-order chi connectivity index (χ0) is 12.5. The van der Waals surface area contributed by atoms with Gasteiger partial charge in [0, 0.05) is 12.0 Å². The molecular weight excluding hydrogens is 242 g/mol. The molecule has 1 fully saturated rings. The van der Waals surface area contributed by atoms with Gasteiger partial charge in [0.25, 0.3) is 0 Å². The standard InChI is InChI=1S/C11H16ClN3O2/c1-11(5-16,6-17)15-9-4-8(12)13-10(14-9)7-2-3-7/h4,7,16-17H,2-3,5-6H2,1H3,(H,13,14,15). The average molecular weight is 258 g/mol. The van der Waals surface area contributed by atoms with Crippen molar-refractivity contribution in [2.45, 2.75) is 31.2 Å². The molecule has 0 amide bonds. The van der Waals surface area contributed by atoms with E-state index in [4.69, 9.17) is 11.6 Å². The first kappa shape index (κ1) is 12.5. The fraction of sp³-hybridized carbons (Fsp3) is 0.636. The van der Waals surface area contributed by atoms with Crippen molar-refractivity contribution in [1.82, 2.24) is 9.97 Å². The summed E-state index contributed by atoms with van der Waals surface area (Å²) in [6, 6.07) is 1.59. The van der Waals surface area contributed by atoms with E-state index < -0.39 is 5.54 Å². The number of halogens is 1. The van der Waals surface area contributed by atoms with E-state index in [1.54, 1.807) is 13.0 Å². The van der Waals surface area contributed by atoms with Gasteiger partial charge in [-0.1, -0.05) is 11.6 Å². The van der Waals surface area contributed by atoms with Gasteiger partial charge in [0.05, 0.1) is 18.8 Å². The van der Waals surface area contributed by atoms with E-state index >= 15 is 0 Å². The number of rotatable bonds is 5. The molecule has 1 aromatic heterocycles. The minimum atomic E-state index is -0.807. The molecule has 1 saturated carbocycles. The number of hydrogen-bond donors (Lipinski definition) is 3. The van der Waals surface area contributed by atoms with Crippen molar-refractivity contribution in [2.24, 2.45) is 0 Å². The zero-order valence-electron chi connectivity index (χ0n) is 9.65. The lowest BCUT2D eigenvalue weighted by atomic mass is 10.1. The third kappa shape index (κ3) is 3.06. The summed E-state index contributed by atoms with van der Waals surface area (Å²) < 4.78 is 0. The number of aliphatic hydroxyl groups excluding tert-OH is 2. The Kier molecular flexibility index (Phi) is 3.51. The molecule has 0 aromatic carbocycles. The Morgan fingerprint density at radius 3 is 2.59 bits per heavy atom. The first-order valence-electron chi connectivity index (χ1n) is 5.61. The van der Waals surface area contributed by atoms with Gasteiger partial charge in [-0.15, -0.1) is 0 Å². The van der Waals surface area contributed by atoms with Crippen LogP contribution in [0.3, 0.4) is 0 Å². The van der Waals surface area contributed by atoms with E-state index in [1.165, 1.54) is 0 Å². The van der Waals surface area contributed by atoms with Crippen LogP contribution in [0.5, 0.6) is 0 Å². The molecule has 1 aliphatic rings. The normalized spacial score (nSPS) is 16.0. The fourth-order valence-corrected chi connectivity index (χ4v) is 1.65. The molecule has 5 nitrogen and oxygen atoms in total. The second-order valence-corrected chi connectivity index (χ2v) is 5.10. The highest BCUT2D eigenvalue weighted by Crippen LogP contribution is 2.38. The monoisotopic (exact) mass is 257 g/mol. The summed E-state index contributed by atoms with van der Waals surface area (Å²) in [7, 11) is 0. The number of anilines is 1. The van der Waals surface area contributed by atoms with Gasteiger partial charge in [0.1, 0.15) is 16.8 Å². The van der Waals surface area contributed by atoms with E-state index in [0.29, 0.717) is 16.9 Å². The van der Waals surface area contributed by atoms with E-state index in [2.05, 4.69) is 15.3 Å². The molecule has 1 aromatic rings. The van der Waals surface area contributed by atoms with E-state index in [-0.39, 0.29) is 13.2 Å². The van der Waals surface area contributed by atoms with Gasteiger partial charge in [0.15, 0.2) is 0 Å². The lowest BCUT2D eigenvalue weighted by Crippen LogP contribution is -2.42. The lowest BCUT2D eigenvalue weighted by molar-refractivity contribution is 0.147. The molecular formula is C11H16ClN3O2. The van der Waals surface area contributed by atoms with Crippen LogP contribution in [0.4, 0.5) is 5.82 Å². The van der Waals surface area contributed by atoms with Crippen LogP contribution >= 0.6 is 11.6 Å². The summed E-state index contributed by atoms with van der Waals surface area (Å²) in [5.74, 6) is 1.68. The maximum absolute atomic E-state index is 9.21. The molecule has 0 bridgehead atoms. The first-order chi connectivity index (χ1) is 8.06. The molecule has 17 heavy (non-hydrogen) atoms. The predicted octanol–water partition coefficient (Wildman–Crippen LogP) is 1.16. The number of aromatic nitrogens is 2. The average Bonchev–Trinajstić information content (AvgIpc) is 3.12. The largest absolute Gasteiger partial charge is 0.394 e. The third-order valence-corrected chi connectivity index (χ3v) is 2.98. The van der Waals surface area contributed by atoms with Gasteiger partial charge >= 0.3 is 0 Å². The van der Waals surface area contributed by atoms with Crippen molar-refractivity contribution < 1.29 is 10.2 Å². The van der Waals surface area contributed by atoms with Crippen molar-refractivity contribution in [3.63, 3.8) is 0 Å². The first-order valence-corrected chi connectivity index (χ1v) is 5.98. The predicted molar refractivity (Wildman–Crippen MR) is 65.2 cm³/mol. The maximum atomic E-state index is 9.21. The van der Waals surface area contributed by atoms with E-state index in [1.807, 2.05) is 0 Å². The van der Waals surface area contributed by atoms with Gasteiger partial charge in [-0.05, 0) is 19.8 Å². The lowest BCUT2D eigenvalue weighted by Gasteiger charge is -2.26. The molecule has 1 aliphatic carbocycles. The summed E-state index contributed by atoms with van der Waals surface area (Å²) in [5, 5.41) is 21.8. The SMILES string of the molecule is CC(CO)(CO)Nc1cc(Cl)nc(C2CC2)n1. The molecule has 3 N–H and O–H groups in total. The fourth-order valence-electron chi connectivity index (χ4n) is 1.46. The van der Waals surface area contributed by atoms with E-state index in [0.717, 1.165) is 18.7 Å². The molecule has 0 spiro atoms.